The van der Waals surface area contributed by atoms with Gasteiger partial charge in [0.15, 0.2) is 0 Å². The Labute approximate surface area is 112 Å². The van der Waals surface area contributed by atoms with Crippen LogP contribution in [-0.2, 0) is 19.8 Å². The van der Waals surface area contributed by atoms with Gasteiger partial charge in [-0.3, -0.25) is 4.57 Å². The van der Waals surface area contributed by atoms with Gasteiger partial charge in [0.2, 0.25) is 0 Å². The van der Waals surface area contributed by atoms with Crippen LogP contribution < -0.4 is 0 Å². The first-order chi connectivity index (χ1) is 9.18. The van der Waals surface area contributed by atoms with Crippen LogP contribution in [0.5, 0.6) is 0 Å². The third-order valence-corrected chi connectivity index (χ3v) is 4.68. The van der Waals surface area contributed by atoms with Crippen molar-refractivity contribution < 1.29 is 13.6 Å². The molecule has 0 saturated carbocycles. The summed E-state index contributed by atoms with van der Waals surface area (Å²) in [5.74, 6) is 0. The molecule has 2 rings (SSSR count). The quantitative estimate of drug-likeness (QED) is 0.759. The van der Waals surface area contributed by atoms with Crippen LogP contribution in [0.25, 0.3) is 10.9 Å². The highest BCUT2D eigenvalue weighted by molar-refractivity contribution is 7.53. The second-order valence-corrected chi connectivity index (χ2v) is 6.05. The van der Waals surface area contributed by atoms with Crippen LogP contribution in [0, 0.1) is 0 Å². The van der Waals surface area contributed by atoms with Crippen LogP contribution in [-0.4, -0.2) is 23.4 Å². The molecule has 0 fully saturated rings. The zero-order valence-corrected chi connectivity index (χ0v) is 12.0. The summed E-state index contributed by atoms with van der Waals surface area (Å²) in [4.78, 5) is 0. The molecule has 0 atom stereocenters. The molecule has 1 aromatic carbocycles. The van der Waals surface area contributed by atoms with Gasteiger partial charge < -0.3 is 9.05 Å². The molecular formula is C13H17N2O3P. The monoisotopic (exact) mass is 280 g/mol. The van der Waals surface area contributed by atoms with E-state index < -0.39 is 7.60 Å². The van der Waals surface area contributed by atoms with Crippen molar-refractivity contribution in [1.82, 2.24) is 10.2 Å². The fraction of sp³-hybridized carbons (Fsp3) is 0.385. The largest absolute Gasteiger partial charge is 0.335 e. The first-order valence-electron chi connectivity index (χ1n) is 6.26. The van der Waals surface area contributed by atoms with Crippen molar-refractivity contribution in [2.75, 3.05) is 13.2 Å². The Bertz CT molecular complexity index is 588. The number of aromatic nitrogens is 2. The summed E-state index contributed by atoms with van der Waals surface area (Å²) in [5, 5.41) is 8.91. The maximum absolute atomic E-state index is 12.5. The Balaban J connectivity index is 2.36. The van der Waals surface area contributed by atoms with E-state index in [0.29, 0.717) is 13.2 Å². The SMILES string of the molecule is CCOP(=O)(Cc1cnnc2ccccc12)OCC. The molecule has 5 nitrogen and oxygen atoms in total. The van der Waals surface area contributed by atoms with E-state index >= 15 is 0 Å². The average molecular weight is 280 g/mol. The second kappa shape index (κ2) is 6.24. The summed E-state index contributed by atoms with van der Waals surface area (Å²) in [7, 11) is -3.11. The second-order valence-electron chi connectivity index (χ2n) is 3.99. The van der Waals surface area contributed by atoms with Gasteiger partial charge in [-0.2, -0.15) is 10.2 Å². The first-order valence-corrected chi connectivity index (χ1v) is 7.98. The molecule has 0 radical (unpaired) electrons. The summed E-state index contributed by atoms with van der Waals surface area (Å²) in [6.45, 7) is 4.31. The maximum atomic E-state index is 12.5. The molecule has 2 aromatic rings. The molecular weight excluding hydrogens is 263 g/mol. The van der Waals surface area contributed by atoms with E-state index in [-0.39, 0.29) is 6.16 Å². The van der Waals surface area contributed by atoms with Crippen molar-refractivity contribution in [2.24, 2.45) is 0 Å². The Morgan fingerprint density at radius 2 is 1.84 bits per heavy atom. The van der Waals surface area contributed by atoms with Gasteiger partial charge in [-0.1, -0.05) is 18.2 Å². The Hall–Kier alpha value is -1.29. The van der Waals surface area contributed by atoms with E-state index in [0.717, 1.165) is 16.5 Å². The number of rotatable bonds is 6. The molecule has 1 aromatic heterocycles. The normalized spacial score (nSPS) is 11.9. The van der Waals surface area contributed by atoms with Crippen LogP contribution in [0.1, 0.15) is 19.4 Å². The Morgan fingerprint density at radius 3 is 2.53 bits per heavy atom. The smallest absolute Gasteiger partial charge is 0.309 e. The lowest BCUT2D eigenvalue weighted by Crippen LogP contribution is -2.00. The molecule has 0 bridgehead atoms. The molecule has 0 spiro atoms. The van der Waals surface area contributed by atoms with Gasteiger partial charge in [0, 0.05) is 5.39 Å². The molecule has 0 saturated heterocycles. The molecule has 0 aliphatic carbocycles. The van der Waals surface area contributed by atoms with Gasteiger partial charge in [0.05, 0.1) is 31.1 Å². The Kier molecular flexibility index (Phi) is 4.64. The average Bonchev–Trinajstić information content (AvgIpc) is 2.39. The molecule has 0 N–H and O–H groups in total. The number of fused-ring (bicyclic) bond motifs is 1. The highest BCUT2D eigenvalue weighted by atomic mass is 31.2. The molecule has 0 amide bonds. The van der Waals surface area contributed by atoms with Gasteiger partial charge in [0.1, 0.15) is 0 Å². The molecule has 1 heterocycles. The van der Waals surface area contributed by atoms with Gasteiger partial charge in [-0.25, -0.2) is 0 Å². The van der Waals surface area contributed by atoms with Gasteiger partial charge in [0.25, 0.3) is 0 Å². The number of nitrogens with zero attached hydrogens (tertiary/aromatic N) is 2. The van der Waals surface area contributed by atoms with Crippen molar-refractivity contribution in [3.8, 4) is 0 Å². The zero-order valence-electron chi connectivity index (χ0n) is 11.1. The van der Waals surface area contributed by atoms with Gasteiger partial charge in [-0.05, 0) is 25.5 Å². The molecule has 19 heavy (non-hydrogen) atoms. The standard InChI is InChI=1S/C13H17N2O3P/c1-3-17-19(16,18-4-2)10-11-9-14-15-13-8-6-5-7-12(11)13/h5-9H,3-4,10H2,1-2H3. The van der Waals surface area contributed by atoms with E-state index in [1.165, 1.54) is 0 Å². The van der Waals surface area contributed by atoms with E-state index in [4.69, 9.17) is 9.05 Å². The van der Waals surface area contributed by atoms with E-state index in [1.54, 1.807) is 20.0 Å². The summed E-state index contributed by atoms with van der Waals surface area (Å²) >= 11 is 0. The van der Waals surface area contributed by atoms with Crippen LogP contribution in [0.4, 0.5) is 0 Å². The summed E-state index contributed by atoms with van der Waals surface area (Å²) in [6.07, 6.45) is 1.83. The highest BCUT2D eigenvalue weighted by Gasteiger charge is 2.25. The lowest BCUT2D eigenvalue weighted by Gasteiger charge is -2.17. The van der Waals surface area contributed by atoms with Crippen LogP contribution in [0.3, 0.4) is 0 Å². The third-order valence-electron chi connectivity index (χ3n) is 2.64. The van der Waals surface area contributed by atoms with E-state index in [9.17, 15) is 4.57 Å². The minimum Gasteiger partial charge on any atom is -0.309 e. The summed E-state index contributed by atoms with van der Waals surface area (Å²) in [5.41, 5.74) is 1.61. The number of hydrogen-bond acceptors (Lipinski definition) is 5. The topological polar surface area (TPSA) is 61.3 Å². The number of hydrogen-bond donors (Lipinski definition) is 0. The van der Waals surface area contributed by atoms with Crippen molar-refractivity contribution >= 4 is 18.5 Å². The maximum Gasteiger partial charge on any atom is 0.335 e. The lowest BCUT2D eigenvalue weighted by atomic mass is 10.1. The molecule has 6 heteroatoms. The predicted octanol–water partition coefficient (Wildman–Crippen LogP) is 3.40. The zero-order chi connectivity index (χ0) is 13.7. The van der Waals surface area contributed by atoms with Crippen LogP contribution in [0.2, 0.25) is 0 Å². The third kappa shape index (κ3) is 3.38. The van der Waals surface area contributed by atoms with Crippen molar-refractivity contribution in [2.45, 2.75) is 20.0 Å². The lowest BCUT2D eigenvalue weighted by molar-refractivity contribution is 0.219. The first kappa shape index (κ1) is 14.1. The van der Waals surface area contributed by atoms with Gasteiger partial charge >= 0.3 is 7.60 Å². The van der Waals surface area contributed by atoms with Crippen molar-refractivity contribution in [1.29, 1.82) is 0 Å². The van der Waals surface area contributed by atoms with Crippen molar-refractivity contribution in [3.63, 3.8) is 0 Å². The van der Waals surface area contributed by atoms with Crippen molar-refractivity contribution in [3.05, 3.63) is 36.0 Å². The molecule has 0 unspecified atom stereocenters. The molecule has 0 aliphatic heterocycles. The fourth-order valence-electron chi connectivity index (χ4n) is 1.92. The molecule has 0 aliphatic rings. The van der Waals surface area contributed by atoms with E-state index in [1.807, 2.05) is 24.3 Å². The molecule has 102 valence electrons. The summed E-state index contributed by atoms with van der Waals surface area (Å²) in [6, 6.07) is 7.62. The van der Waals surface area contributed by atoms with Crippen LogP contribution >= 0.6 is 7.60 Å². The van der Waals surface area contributed by atoms with Crippen LogP contribution in [0.15, 0.2) is 30.5 Å². The van der Waals surface area contributed by atoms with E-state index in [2.05, 4.69) is 10.2 Å². The highest BCUT2D eigenvalue weighted by Crippen LogP contribution is 2.51. The number of benzene rings is 1. The predicted molar refractivity (Wildman–Crippen MR) is 74.1 cm³/mol. The summed E-state index contributed by atoms with van der Waals surface area (Å²) < 4.78 is 23.1. The Morgan fingerprint density at radius 1 is 1.16 bits per heavy atom. The minimum absolute atomic E-state index is 0.213. The fourth-order valence-corrected chi connectivity index (χ4v) is 3.63. The minimum atomic E-state index is -3.11. The van der Waals surface area contributed by atoms with Gasteiger partial charge in [-0.15, -0.1) is 0 Å².